The van der Waals surface area contributed by atoms with E-state index < -0.39 is 24.0 Å². The Hall–Kier alpha value is -1.06. The summed E-state index contributed by atoms with van der Waals surface area (Å²) in [7, 11) is -5.74. The Morgan fingerprint density at radius 1 is 1.34 bits per heavy atom. The summed E-state index contributed by atoms with van der Waals surface area (Å²) in [5.74, 6) is 2.83. The average molecular weight is 508 g/mol. The van der Waals surface area contributed by atoms with Crippen LogP contribution in [-0.4, -0.2) is 22.3 Å². The second-order valence-electron chi connectivity index (χ2n) is 8.16. The summed E-state index contributed by atoms with van der Waals surface area (Å²) in [6, 6.07) is 2.74. The number of carbonyl (C=O) groups is 1. The third kappa shape index (κ3) is 2.83. The molecule has 0 saturated heterocycles. The van der Waals surface area contributed by atoms with Crippen molar-refractivity contribution in [2.45, 2.75) is 18.5 Å². The molecule has 4 N–H and O–H groups in total. The number of primary amides is 1. The zero-order valence-corrected chi connectivity index (χ0v) is 18.1. The van der Waals surface area contributed by atoms with Gasteiger partial charge < -0.3 is 20.3 Å². The number of fused-ring (bicyclic) bond motifs is 1. The Morgan fingerprint density at radius 3 is 2.52 bits per heavy atom. The van der Waals surface area contributed by atoms with Crippen molar-refractivity contribution in [3.8, 4) is 5.75 Å². The molecule has 4 aliphatic carbocycles. The van der Waals surface area contributed by atoms with E-state index >= 15 is 0 Å². The van der Waals surface area contributed by atoms with Gasteiger partial charge >= 0.3 is 13.3 Å². The van der Waals surface area contributed by atoms with Crippen LogP contribution in [0.3, 0.4) is 0 Å². The minimum absolute atomic E-state index is 0.0806. The molecule has 4 bridgehead atoms. The Kier molecular flexibility index (Phi) is 4.27. The lowest BCUT2D eigenvalue weighted by atomic mass is 9.99. The molecule has 156 valence electrons. The van der Waals surface area contributed by atoms with Gasteiger partial charge in [-0.1, -0.05) is 0 Å². The van der Waals surface area contributed by atoms with Gasteiger partial charge in [-0.05, 0) is 70.5 Å². The van der Waals surface area contributed by atoms with E-state index in [-0.39, 0.29) is 21.2 Å². The van der Waals surface area contributed by atoms with E-state index in [9.17, 15) is 18.1 Å². The van der Waals surface area contributed by atoms with E-state index in [1.54, 1.807) is 0 Å². The quantitative estimate of drug-likeness (QED) is 0.505. The number of alkyl halides is 2. The number of halogens is 3. The van der Waals surface area contributed by atoms with E-state index in [1.807, 2.05) is 0 Å². The lowest BCUT2D eigenvalue weighted by Crippen LogP contribution is -2.16. The van der Waals surface area contributed by atoms with Gasteiger partial charge in [-0.15, -0.1) is 11.3 Å². The van der Waals surface area contributed by atoms with Crippen molar-refractivity contribution in [2.24, 2.45) is 35.3 Å². The largest absolute Gasteiger partial charge is 0.492 e. The van der Waals surface area contributed by atoms with Gasteiger partial charge in [-0.3, -0.25) is 9.36 Å². The fraction of sp³-hybridized carbons (Fsp3) is 0.500. The summed E-state index contributed by atoms with van der Waals surface area (Å²) in [5.41, 5.74) is 1.10. The molecule has 1 aromatic heterocycles. The van der Waals surface area contributed by atoms with Crippen LogP contribution in [0.2, 0.25) is 0 Å². The van der Waals surface area contributed by atoms with Crippen LogP contribution in [0.15, 0.2) is 16.6 Å². The highest BCUT2D eigenvalue weighted by molar-refractivity contribution is 9.10. The minimum atomic E-state index is -5.74. The molecule has 2 aromatic rings. The molecule has 0 spiro atoms. The van der Waals surface area contributed by atoms with Crippen molar-refractivity contribution in [3.63, 3.8) is 0 Å². The Balaban J connectivity index is 1.56. The maximum absolute atomic E-state index is 14.4. The number of nitrogens with two attached hydrogens (primary N) is 1. The number of benzene rings is 1. The number of hydrogen-bond acceptors (Lipinski definition) is 4. The van der Waals surface area contributed by atoms with Crippen LogP contribution in [0.4, 0.5) is 8.78 Å². The SMILES string of the molecule is NC(=O)c1cc(OCC2C3CC4C(C3)C24)c2sc(C(F)(F)P(=O)(O)O)c(Br)c2c1. The monoisotopic (exact) mass is 507 g/mol. The standard InChI is InChI=1S/C18H17BrF2NO5PS/c19-14-10-3-7(17(22)23)4-12(15(10)29-16(14)18(20,21)28(24,25)26)27-5-11-6-1-8-9(2-6)13(8)11/h3-4,6,8-9,11,13H,1-2,5H2,(H2,22,23)(H2,24,25,26). The van der Waals surface area contributed by atoms with E-state index in [2.05, 4.69) is 15.9 Å². The van der Waals surface area contributed by atoms with Gasteiger partial charge in [0.05, 0.1) is 11.3 Å². The molecule has 0 aliphatic heterocycles. The van der Waals surface area contributed by atoms with Crippen LogP contribution in [0, 0.1) is 29.6 Å². The number of ether oxygens (including phenoxy) is 1. The van der Waals surface area contributed by atoms with Crippen LogP contribution in [0.5, 0.6) is 5.75 Å². The molecule has 1 amide bonds. The van der Waals surface area contributed by atoms with Gasteiger partial charge in [0.25, 0.3) is 0 Å². The molecule has 3 atom stereocenters. The highest BCUT2D eigenvalue weighted by atomic mass is 79.9. The lowest BCUT2D eigenvalue weighted by Gasteiger charge is -2.17. The van der Waals surface area contributed by atoms with Crippen molar-refractivity contribution in [1.29, 1.82) is 0 Å². The summed E-state index contributed by atoms with van der Waals surface area (Å²) < 4.78 is 46.2. The summed E-state index contributed by atoms with van der Waals surface area (Å²) in [5, 5.41) is 0.212. The molecule has 6 rings (SSSR count). The molecular formula is C18H17BrF2NO5PS. The number of hydrogen-bond donors (Lipinski definition) is 3. The fourth-order valence-electron chi connectivity index (χ4n) is 5.38. The molecule has 1 aromatic carbocycles. The first kappa shape index (κ1) is 19.9. The van der Waals surface area contributed by atoms with E-state index in [0.29, 0.717) is 40.4 Å². The van der Waals surface area contributed by atoms with Gasteiger partial charge in [0.1, 0.15) is 10.6 Å². The van der Waals surface area contributed by atoms with Gasteiger partial charge in [0.2, 0.25) is 5.91 Å². The Morgan fingerprint density at radius 2 is 2.00 bits per heavy atom. The third-order valence-corrected chi connectivity index (χ3v) is 10.2. The minimum Gasteiger partial charge on any atom is -0.492 e. The van der Waals surface area contributed by atoms with Crippen LogP contribution in [0.25, 0.3) is 10.1 Å². The summed E-state index contributed by atoms with van der Waals surface area (Å²) in [6.07, 6.45) is 2.45. The number of amides is 1. The van der Waals surface area contributed by atoms with E-state index in [1.165, 1.54) is 25.0 Å². The van der Waals surface area contributed by atoms with Crippen LogP contribution in [-0.2, 0) is 10.2 Å². The molecule has 3 unspecified atom stereocenters. The zero-order valence-electron chi connectivity index (χ0n) is 14.8. The summed E-state index contributed by atoms with van der Waals surface area (Å²) in [6.45, 7) is 0.430. The van der Waals surface area contributed by atoms with Crippen LogP contribution in [0.1, 0.15) is 28.1 Å². The zero-order chi connectivity index (χ0) is 20.9. The molecule has 29 heavy (non-hydrogen) atoms. The summed E-state index contributed by atoms with van der Waals surface area (Å²) in [4.78, 5) is 29.2. The first-order valence-corrected chi connectivity index (χ1v) is 12.4. The molecule has 1 heterocycles. The van der Waals surface area contributed by atoms with Crippen molar-refractivity contribution >= 4 is 50.9 Å². The van der Waals surface area contributed by atoms with Gasteiger partial charge in [-0.2, -0.15) is 8.78 Å². The van der Waals surface area contributed by atoms with Gasteiger partial charge in [0.15, 0.2) is 0 Å². The molecule has 11 heteroatoms. The van der Waals surface area contributed by atoms with Crippen molar-refractivity contribution < 1.29 is 32.7 Å². The summed E-state index contributed by atoms with van der Waals surface area (Å²) >= 11 is 3.57. The predicted molar refractivity (Wildman–Crippen MR) is 106 cm³/mol. The molecule has 4 fully saturated rings. The third-order valence-electron chi connectivity index (χ3n) is 6.70. The Labute approximate surface area is 176 Å². The highest BCUT2D eigenvalue weighted by Crippen LogP contribution is 2.73. The lowest BCUT2D eigenvalue weighted by molar-refractivity contribution is 0.0595. The van der Waals surface area contributed by atoms with Crippen LogP contribution >= 0.6 is 34.9 Å². The second-order valence-corrected chi connectivity index (χ2v) is 11.6. The highest BCUT2D eigenvalue weighted by Gasteiger charge is 2.68. The fourth-order valence-corrected chi connectivity index (χ4v) is 8.36. The molecule has 4 aliphatic rings. The Bertz CT molecular complexity index is 1090. The predicted octanol–water partition coefficient (Wildman–Crippen LogP) is 4.27. The second kappa shape index (κ2) is 6.23. The van der Waals surface area contributed by atoms with Crippen LogP contribution < -0.4 is 10.5 Å². The average Bonchev–Trinajstić information content (AvgIpc) is 3.07. The van der Waals surface area contributed by atoms with Gasteiger partial charge in [-0.25, -0.2) is 0 Å². The first-order valence-electron chi connectivity index (χ1n) is 9.13. The molecule has 4 saturated carbocycles. The van der Waals surface area contributed by atoms with E-state index in [0.717, 1.165) is 11.8 Å². The van der Waals surface area contributed by atoms with Gasteiger partial charge in [0, 0.05) is 15.4 Å². The molecule has 0 radical (unpaired) electrons. The smallest absolute Gasteiger partial charge is 0.400 e. The van der Waals surface area contributed by atoms with Crippen molar-refractivity contribution in [2.75, 3.05) is 6.61 Å². The number of rotatable bonds is 6. The molecular weight excluding hydrogens is 491 g/mol. The van der Waals surface area contributed by atoms with Crippen molar-refractivity contribution in [1.82, 2.24) is 0 Å². The normalized spacial score (nSPS) is 30.2. The maximum Gasteiger partial charge on any atom is 0.400 e. The van der Waals surface area contributed by atoms with E-state index in [4.69, 9.17) is 20.3 Å². The topological polar surface area (TPSA) is 110 Å². The van der Waals surface area contributed by atoms with Crippen molar-refractivity contribution in [3.05, 3.63) is 27.0 Å². The maximum atomic E-state index is 14.4. The molecule has 6 nitrogen and oxygen atoms in total. The first-order chi connectivity index (χ1) is 13.5. The number of carbonyl (C=O) groups excluding carboxylic acids is 1. The number of thiophene rings is 1.